The number of nitrogens with zero attached hydrogens (tertiary/aromatic N) is 2. The Morgan fingerprint density at radius 3 is 2.21 bits per heavy atom. The number of halogens is 4. The van der Waals surface area contributed by atoms with E-state index in [2.05, 4.69) is 4.98 Å². The minimum Gasteiger partial charge on any atom is -0.255 e. The molecule has 0 unspecified atom stereocenters. The van der Waals surface area contributed by atoms with Crippen LogP contribution in [0.5, 0.6) is 0 Å². The lowest BCUT2D eigenvalue weighted by Crippen LogP contribution is -1.91. The van der Waals surface area contributed by atoms with E-state index in [4.69, 9.17) is 51.7 Å². The summed E-state index contributed by atoms with van der Waals surface area (Å²) in [6.07, 6.45) is 1.67. The molecule has 1 aromatic carbocycles. The van der Waals surface area contributed by atoms with Gasteiger partial charge in [0.15, 0.2) is 0 Å². The Labute approximate surface area is 130 Å². The molecule has 96 valence electrons. The number of rotatable bonds is 2. The van der Waals surface area contributed by atoms with Crippen LogP contribution >= 0.6 is 46.4 Å². The van der Waals surface area contributed by atoms with Crippen molar-refractivity contribution in [3.05, 3.63) is 50.0 Å². The molecular weight excluding hydrogens is 326 g/mol. The maximum atomic E-state index is 8.75. The van der Waals surface area contributed by atoms with Crippen LogP contribution in [-0.4, -0.2) is 4.98 Å². The molecule has 0 aliphatic rings. The van der Waals surface area contributed by atoms with Gasteiger partial charge in [-0.15, -0.1) is 0 Å². The predicted octanol–water partition coefficient (Wildman–Crippen LogP) is 5.43. The third kappa shape index (κ3) is 3.13. The molecule has 0 amide bonds. The van der Waals surface area contributed by atoms with E-state index < -0.39 is 0 Å². The first-order valence-electron chi connectivity index (χ1n) is 5.19. The van der Waals surface area contributed by atoms with Crippen LogP contribution in [0.25, 0.3) is 11.3 Å². The lowest BCUT2D eigenvalue weighted by atomic mass is 10.1. The molecule has 0 radical (unpaired) electrons. The molecule has 0 saturated heterocycles. The summed E-state index contributed by atoms with van der Waals surface area (Å²) in [6, 6.07) is 6.92. The van der Waals surface area contributed by atoms with Crippen LogP contribution in [0, 0.1) is 11.3 Å². The molecule has 6 heteroatoms. The van der Waals surface area contributed by atoms with Gasteiger partial charge in [0.05, 0.1) is 33.3 Å². The number of benzene rings is 1. The van der Waals surface area contributed by atoms with Gasteiger partial charge < -0.3 is 0 Å². The number of pyridine rings is 1. The highest BCUT2D eigenvalue weighted by atomic mass is 35.5. The zero-order valence-corrected chi connectivity index (χ0v) is 12.4. The van der Waals surface area contributed by atoms with E-state index >= 15 is 0 Å². The lowest BCUT2D eigenvalue weighted by molar-refractivity contribution is 1.21. The van der Waals surface area contributed by atoms with Gasteiger partial charge in [0.2, 0.25) is 0 Å². The van der Waals surface area contributed by atoms with E-state index in [1.165, 1.54) is 6.20 Å². The average molecular weight is 332 g/mol. The third-order valence-corrected chi connectivity index (χ3v) is 3.62. The van der Waals surface area contributed by atoms with Crippen LogP contribution in [-0.2, 0) is 6.42 Å². The first-order valence-corrected chi connectivity index (χ1v) is 6.70. The third-order valence-electron chi connectivity index (χ3n) is 2.47. The Morgan fingerprint density at radius 2 is 1.63 bits per heavy atom. The van der Waals surface area contributed by atoms with E-state index in [9.17, 15) is 0 Å². The van der Waals surface area contributed by atoms with Gasteiger partial charge in [0.25, 0.3) is 0 Å². The van der Waals surface area contributed by atoms with E-state index in [-0.39, 0.29) is 6.42 Å². The van der Waals surface area contributed by atoms with Gasteiger partial charge >= 0.3 is 0 Å². The summed E-state index contributed by atoms with van der Waals surface area (Å²) in [5.74, 6) is 0. The number of aromatic nitrogens is 1. The average Bonchev–Trinajstić information content (AvgIpc) is 2.32. The van der Waals surface area contributed by atoms with Gasteiger partial charge in [0.1, 0.15) is 0 Å². The molecule has 2 rings (SSSR count). The summed E-state index contributed by atoms with van der Waals surface area (Å²) in [5.41, 5.74) is 1.81. The first kappa shape index (κ1) is 14.4. The fourth-order valence-electron chi connectivity index (χ4n) is 1.62. The lowest BCUT2D eigenvalue weighted by Gasteiger charge is -2.09. The van der Waals surface area contributed by atoms with Crippen molar-refractivity contribution < 1.29 is 0 Å². The number of hydrogen-bond acceptors (Lipinski definition) is 2. The monoisotopic (exact) mass is 330 g/mol. The number of hydrogen-bond donors (Lipinski definition) is 0. The van der Waals surface area contributed by atoms with Gasteiger partial charge in [-0.3, -0.25) is 4.98 Å². The molecular formula is C13H6Cl4N2. The van der Waals surface area contributed by atoms with Crippen molar-refractivity contribution in [1.29, 1.82) is 5.26 Å². The maximum Gasteiger partial charge on any atom is 0.0736 e. The van der Waals surface area contributed by atoms with Gasteiger partial charge in [0, 0.05) is 16.8 Å². The smallest absolute Gasteiger partial charge is 0.0736 e. The van der Waals surface area contributed by atoms with Crippen LogP contribution < -0.4 is 0 Å². The fourth-order valence-corrected chi connectivity index (χ4v) is 2.81. The van der Waals surface area contributed by atoms with Gasteiger partial charge in [-0.1, -0.05) is 46.4 Å². The highest BCUT2D eigenvalue weighted by molar-refractivity contribution is 6.41. The molecule has 1 heterocycles. The zero-order valence-electron chi connectivity index (χ0n) is 9.42. The molecule has 0 bridgehead atoms. The highest BCUT2D eigenvalue weighted by Crippen LogP contribution is 2.37. The molecule has 2 nitrogen and oxygen atoms in total. The second kappa shape index (κ2) is 5.98. The van der Waals surface area contributed by atoms with Crippen LogP contribution in [0.2, 0.25) is 20.1 Å². The summed E-state index contributed by atoms with van der Waals surface area (Å²) >= 11 is 24.1. The molecule has 0 fully saturated rings. The minimum atomic E-state index is 0.192. The quantitative estimate of drug-likeness (QED) is 0.735. The summed E-state index contributed by atoms with van der Waals surface area (Å²) in [6.45, 7) is 0. The Morgan fingerprint density at radius 1 is 1.00 bits per heavy atom. The summed E-state index contributed by atoms with van der Waals surface area (Å²) in [4.78, 5) is 4.19. The first-order chi connectivity index (χ1) is 9.02. The standard InChI is InChI=1S/C13H6Cl4N2/c14-8-4-9(15)13(10(16)5-8)12-3-7(1-2-18)11(17)6-19-12/h3-6H,1H2. The van der Waals surface area contributed by atoms with Gasteiger partial charge in [-0.2, -0.15) is 5.26 Å². The maximum absolute atomic E-state index is 8.75. The summed E-state index contributed by atoms with van der Waals surface area (Å²) < 4.78 is 0. The van der Waals surface area contributed by atoms with Crippen molar-refractivity contribution in [1.82, 2.24) is 4.98 Å². The van der Waals surface area contributed by atoms with Gasteiger partial charge in [-0.05, 0) is 23.8 Å². The van der Waals surface area contributed by atoms with E-state index in [0.29, 0.717) is 36.9 Å². The Bertz CT molecular complexity index is 654. The van der Waals surface area contributed by atoms with Crippen LogP contribution in [0.15, 0.2) is 24.4 Å². The van der Waals surface area contributed by atoms with Crippen molar-refractivity contribution in [3.8, 4) is 17.3 Å². The Hall–Kier alpha value is -0.980. The molecule has 1 aromatic heterocycles. The molecule has 0 spiro atoms. The van der Waals surface area contributed by atoms with Crippen LogP contribution in [0.1, 0.15) is 5.56 Å². The second-order valence-electron chi connectivity index (χ2n) is 3.74. The summed E-state index contributed by atoms with van der Waals surface area (Å²) in [7, 11) is 0. The van der Waals surface area contributed by atoms with Crippen molar-refractivity contribution in [2.45, 2.75) is 6.42 Å². The van der Waals surface area contributed by atoms with Crippen molar-refractivity contribution in [2.75, 3.05) is 0 Å². The van der Waals surface area contributed by atoms with Crippen LogP contribution in [0.3, 0.4) is 0 Å². The molecule has 0 saturated carbocycles. The molecule has 2 aromatic rings. The molecule has 19 heavy (non-hydrogen) atoms. The Kier molecular flexibility index (Phi) is 4.54. The summed E-state index contributed by atoms with van der Waals surface area (Å²) in [5, 5.41) is 10.4. The largest absolute Gasteiger partial charge is 0.255 e. The normalized spacial score (nSPS) is 10.3. The highest BCUT2D eigenvalue weighted by Gasteiger charge is 2.13. The van der Waals surface area contributed by atoms with Crippen molar-refractivity contribution in [3.63, 3.8) is 0 Å². The minimum absolute atomic E-state index is 0.192. The fraction of sp³-hybridized carbons (Fsp3) is 0.0769. The second-order valence-corrected chi connectivity index (χ2v) is 5.40. The van der Waals surface area contributed by atoms with E-state index in [0.717, 1.165) is 0 Å². The topological polar surface area (TPSA) is 36.7 Å². The molecule has 0 aliphatic heterocycles. The number of nitriles is 1. The molecule has 0 atom stereocenters. The van der Waals surface area contributed by atoms with Crippen LogP contribution in [0.4, 0.5) is 0 Å². The Balaban J connectivity index is 2.60. The molecule has 0 aliphatic carbocycles. The predicted molar refractivity (Wildman–Crippen MR) is 79.0 cm³/mol. The zero-order chi connectivity index (χ0) is 14.0. The van der Waals surface area contributed by atoms with Crippen molar-refractivity contribution >= 4 is 46.4 Å². The van der Waals surface area contributed by atoms with E-state index in [1.807, 2.05) is 6.07 Å². The van der Waals surface area contributed by atoms with Crippen molar-refractivity contribution in [2.24, 2.45) is 0 Å². The van der Waals surface area contributed by atoms with Gasteiger partial charge in [-0.25, -0.2) is 0 Å². The van der Waals surface area contributed by atoms with E-state index in [1.54, 1.807) is 18.2 Å². The SMILES string of the molecule is N#CCc1cc(-c2c(Cl)cc(Cl)cc2Cl)ncc1Cl. The molecule has 0 N–H and O–H groups in total.